The Hall–Kier alpha value is 0.440. The molecule has 3 atom stereocenters. The molecule has 0 spiro atoms. The first-order valence-electron chi connectivity index (χ1n) is 4.96. The summed E-state index contributed by atoms with van der Waals surface area (Å²) in [6.45, 7) is 8.27. The monoisotopic (exact) mass is 233 g/mol. The molecule has 1 fully saturated rings. The minimum atomic E-state index is 0.785. The van der Waals surface area contributed by atoms with Gasteiger partial charge in [-0.2, -0.15) is 0 Å². The summed E-state index contributed by atoms with van der Waals surface area (Å²) in [5.74, 6) is 0.785. The predicted molar refractivity (Wildman–Crippen MR) is 57.8 cm³/mol. The van der Waals surface area contributed by atoms with E-state index in [1.807, 2.05) is 0 Å². The number of rotatable bonds is 3. The first-order valence-corrected chi connectivity index (χ1v) is 6.09. The second-order valence-corrected chi connectivity index (χ2v) is 4.88. The minimum absolute atomic E-state index is 0.785. The predicted octanol–water partition coefficient (Wildman–Crippen LogP) is 2.89. The normalized spacial score (nSPS) is 34.0. The molecule has 0 radical (unpaired) electrons. The van der Waals surface area contributed by atoms with Crippen LogP contribution in [0.1, 0.15) is 33.6 Å². The average Bonchev–Trinajstić information content (AvgIpc) is 2.35. The summed E-state index contributed by atoms with van der Waals surface area (Å²) < 4.78 is 0. The van der Waals surface area contributed by atoms with Gasteiger partial charge in [-0.1, -0.05) is 22.9 Å². The van der Waals surface area contributed by atoms with Crippen LogP contribution in [0.3, 0.4) is 0 Å². The van der Waals surface area contributed by atoms with Crippen LogP contribution in [0.25, 0.3) is 0 Å². The second kappa shape index (κ2) is 4.61. The highest BCUT2D eigenvalue weighted by Gasteiger charge is 2.27. The van der Waals surface area contributed by atoms with Gasteiger partial charge in [0.1, 0.15) is 0 Å². The summed E-state index contributed by atoms with van der Waals surface area (Å²) >= 11 is 3.54. The van der Waals surface area contributed by atoms with Crippen LogP contribution in [-0.4, -0.2) is 28.9 Å². The van der Waals surface area contributed by atoms with E-state index in [0.29, 0.717) is 0 Å². The van der Waals surface area contributed by atoms with Gasteiger partial charge in [-0.15, -0.1) is 0 Å². The van der Waals surface area contributed by atoms with Crippen LogP contribution in [0.5, 0.6) is 0 Å². The number of halogens is 1. The van der Waals surface area contributed by atoms with Gasteiger partial charge in [0.15, 0.2) is 0 Å². The van der Waals surface area contributed by atoms with Crippen LogP contribution >= 0.6 is 15.9 Å². The molecule has 1 heterocycles. The van der Waals surface area contributed by atoms with Gasteiger partial charge in [0.05, 0.1) is 0 Å². The fraction of sp³-hybridized carbons (Fsp3) is 1.00. The van der Waals surface area contributed by atoms with Crippen molar-refractivity contribution in [3.63, 3.8) is 0 Å². The van der Waals surface area contributed by atoms with Crippen molar-refractivity contribution in [1.82, 2.24) is 4.90 Å². The number of hydrogen-bond donors (Lipinski definition) is 0. The van der Waals surface area contributed by atoms with Crippen LogP contribution in [-0.2, 0) is 0 Å². The van der Waals surface area contributed by atoms with Crippen molar-refractivity contribution in [3.05, 3.63) is 0 Å². The zero-order valence-corrected chi connectivity index (χ0v) is 9.97. The molecule has 0 aromatic rings. The van der Waals surface area contributed by atoms with E-state index in [1.54, 1.807) is 0 Å². The SMILES string of the molecule is CC(CBr)CN1C(C)CCC1C. The van der Waals surface area contributed by atoms with Crippen LogP contribution in [0.4, 0.5) is 0 Å². The van der Waals surface area contributed by atoms with Crippen molar-refractivity contribution in [2.24, 2.45) is 5.92 Å². The van der Waals surface area contributed by atoms with Gasteiger partial charge in [-0.3, -0.25) is 4.90 Å². The number of alkyl halides is 1. The van der Waals surface area contributed by atoms with Crippen LogP contribution in [0, 0.1) is 5.92 Å². The smallest absolute Gasteiger partial charge is 0.00704 e. The first kappa shape index (κ1) is 10.5. The van der Waals surface area contributed by atoms with Crippen molar-refractivity contribution in [2.75, 3.05) is 11.9 Å². The summed E-state index contributed by atoms with van der Waals surface area (Å²) in [6.07, 6.45) is 2.77. The summed E-state index contributed by atoms with van der Waals surface area (Å²) in [6, 6.07) is 1.61. The van der Waals surface area contributed by atoms with E-state index in [9.17, 15) is 0 Å². The van der Waals surface area contributed by atoms with E-state index in [2.05, 4.69) is 41.6 Å². The first-order chi connectivity index (χ1) is 5.65. The third-order valence-electron chi connectivity index (χ3n) is 2.92. The van der Waals surface area contributed by atoms with Gasteiger partial charge < -0.3 is 0 Å². The highest BCUT2D eigenvalue weighted by molar-refractivity contribution is 9.09. The van der Waals surface area contributed by atoms with Crippen molar-refractivity contribution < 1.29 is 0 Å². The molecular weight excluding hydrogens is 214 g/mol. The fourth-order valence-electron chi connectivity index (χ4n) is 2.02. The van der Waals surface area contributed by atoms with Gasteiger partial charge >= 0.3 is 0 Å². The zero-order valence-electron chi connectivity index (χ0n) is 8.39. The summed E-state index contributed by atoms with van der Waals surface area (Å²) in [4.78, 5) is 2.64. The largest absolute Gasteiger partial charge is 0.298 e. The molecule has 2 heteroatoms. The van der Waals surface area contributed by atoms with Crippen LogP contribution < -0.4 is 0 Å². The van der Waals surface area contributed by atoms with E-state index in [0.717, 1.165) is 23.3 Å². The number of hydrogen-bond acceptors (Lipinski definition) is 1. The van der Waals surface area contributed by atoms with Crippen LogP contribution in [0.15, 0.2) is 0 Å². The lowest BCUT2D eigenvalue weighted by molar-refractivity contribution is 0.192. The Morgan fingerprint density at radius 2 is 1.83 bits per heavy atom. The molecule has 1 aliphatic rings. The topological polar surface area (TPSA) is 3.24 Å². The average molecular weight is 234 g/mol. The standard InChI is InChI=1S/C10H20BrN/c1-8(6-11)7-12-9(2)4-5-10(12)3/h8-10H,4-7H2,1-3H3. The molecular formula is C10H20BrN. The van der Waals surface area contributed by atoms with Crippen molar-refractivity contribution in [3.8, 4) is 0 Å². The number of likely N-dealkylation sites (tertiary alicyclic amines) is 1. The van der Waals surface area contributed by atoms with Crippen molar-refractivity contribution in [2.45, 2.75) is 45.7 Å². The molecule has 0 aliphatic carbocycles. The van der Waals surface area contributed by atoms with Gasteiger partial charge in [0.2, 0.25) is 0 Å². The summed E-state index contributed by atoms with van der Waals surface area (Å²) in [7, 11) is 0. The molecule has 3 unspecified atom stereocenters. The minimum Gasteiger partial charge on any atom is -0.298 e. The van der Waals surface area contributed by atoms with Gasteiger partial charge in [-0.05, 0) is 32.6 Å². The summed E-state index contributed by atoms with van der Waals surface area (Å²) in [5.41, 5.74) is 0. The van der Waals surface area contributed by atoms with E-state index < -0.39 is 0 Å². The lowest BCUT2D eigenvalue weighted by atomic mass is 10.2. The Bertz CT molecular complexity index is 128. The molecule has 0 saturated carbocycles. The molecule has 1 rings (SSSR count). The summed E-state index contributed by atoms with van der Waals surface area (Å²) in [5, 5.41) is 1.13. The van der Waals surface area contributed by atoms with E-state index in [4.69, 9.17) is 0 Å². The molecule has 0 amide bonds. The molecule has 1 saturated heterocycles. The molecule has 12 heavy (non-hydrogen) atoms. The van der Waals surface area contributed by atoms with Crippen LogP contribution in [0.2, 0.25) is 0 Å². The Morgan fingerprint density at radius 3 is 2.25 bits per heavy atom. The lowest BCUT2D eigenvalue weighted by Crippen LogP contribution is -2.36. The van der Waals surface area contributed by atoms with E-state index >= 15 is 0 Å². The third kappa shape index (κ3) is 2.46. The van der Waals surface area contributed by atoms with Gasteiger partial charge in [0.25, 0.3) is 0 Å². The Kier molecular flexibility index (Phi) is 4.04. The number of nitrogens with zero attached hydrogens (tertiary/aromatic N) is 1. The van der Waals surface area contributed by atoms with Gasteiger partial charge in [-0.25, -0.2) is 0 Å². The molecule has 0 N–H and O–H groups in total. The lowest BCUT2D eigenvalue weighted by Gasteiger charge is -2.28. The molecule has 72 valence electrons. The maximum absolute atomic E-state index is 3.54. The highest BCUT2D eigenvalue weighted by Crippen LogP contribution is 2.24. The second-order valence-electron chi connectivity index (χ2n) is 4.23. The van der Waals surface area contributed by atoms with Crippen molar-refractivity contribution in [1.29, 1.82) is 0 Å². The van der Waals surface area contributed by atoms with E-state index in [1.165, 1.54) is 19.4 Å². The van der Waals surface area contributed by atoms with Crippen molar-refractivity contribution >= 4 is 15.9 Å². The third-order valence-corrected chi connectivity index (χ3v) is 4.03. The zero-order chi connectivity index (χ0) is 9.14. The maximum atomic E-state index is 3.54. The van der Waals surface area contributed by atoms with Gasteiger partial charge in [0, 0.05) is 24.0 Å². The Morgan fingerprint density at radius 1 is 1.33 bits per heavy atom. The Labute approximate surface area is 84.6 Å². The Balaban J connectivity index is 2.38. The molecule has 0 aromatic carbocycles. The fourth-order valence-corrected chi connectivity index (χ4v) is 2.22. The van der Waals surface area contributed by atoms with E-state index in [-0.39, 0.29) is 0 Å². The quantitative estimate of drug-likeness (QED) is 0.679. The molecule has 0 bridgehead atoms. The maximum Gasteiger partial charge on any atom is 0.00704 e. The molecule has 0 aromatic heterocycles. The highest BCUT2D eigenvalue weighted by atomic mass is 79.9. The molecule has 1 aliphatic heterocycles. The molecule has 1 nitrogen and oxygen atoms in total.